The quantitative estimate of drug-likeness (QED) is 0.639. The predicted molar refractivity (Wildman–Crippen MR) is 78.9 cm³/mol. The highest BCUT2D eigenvalue weighted by Gasteiger charge is 2.01. The Balaban J connectivity index is 2.05. The fourth-order valence-corrected chi connectivity index (χ4v) is 1.77. The zero-order chi connectivity index (χ0) is 14.8. The summed E-state index contributed by atoms with van der Waals surface area (Å²) in [4.78, 5) is 21.9. The third-order valence-electron chi connectivity index (χ3n) is 2.91. The van der Waals surface area contributed by atoms with Gasteiger partial charge in [0.1, 0.15) is 0 Å². The highest BCUT2D eigenvalue weighted by atomic mass is 16.4. The van der Waals surface area contributed by atoms with Gasteiger partial charge in [-0.25, -0.2) is 4.79 Å². The Kier molecular flexibility index (Phi) is 7.17. The number of benzene rings is 1. The summed E-state index contributed by atoms with van der Waals surface area (Å²) < 4.78 is 0. The van der Waals surface area contributed by atoms with Gasteiger partial charge in [0, 0.05) is 18.7 Å². The molecule has 0 saturated carbocycles. The van der Waals surface area contributed by atoms with Crippen LogP contribution in [0.3, 0.4) is 0 Å². The van der Waals surface area contributed by atoms with Crippen LogP contribution in [0.4, 0.5) is 10.5 Å². The summed E-state index contributed by atoms with van der Waals surface area (Å²) >= 11 is 0. The molecule has 0 atom stereocenters. The Labute approximate surface area is 119 Å². The lowest BCUT2D eigenvalue weighted by molar-refractivity contribution is -0.137. The van der Waals surface area contributed by atoms with E-state index in [0.29, 0.717) is 13.0 Å². The van der Waals surface area contributed by atoms with Crippen molar-refractivity contribution in [3.63, 3.8) is 0 Å². The second-order valence-corrected chi connectivity index (χ2v) is 4.80. The van der Waals surface area contributed by atoms with Crippen molar-refractivity contribution >= 4 is 17.7 Å². The Morgan fingerprint density at radius 2 is 1.70 bits per heavy atom. The first kappa shape index (κ1) is 16.0. The summed E-state index contributed by atoms with van der Waals surface area (Å²) in [6.45, 7) is 2.60. The third kappa shape index (κ3) is 7.41. The summed E-state index contributed by atoms with van der Waals surface area (Å²) in [5.41, 5.74) is 1.92. The number of aryl methyl sites for hydroxylation is 1. The first-order chi connectivity index (χ1) is 9.58. The number of aliphatic carboxylic acids is 1. The SMILES string of the molecule is Cc1ccc(NC(=O)NCCCCCCC(=O)O)cc1. The van der Waals surface area contributed by atoms with Crippen molar-refractivity contribution < 1.29 is 14.7 Å². The summed E-state index contributed by atoms with van der Waals surface area (Å²) in [5.74, 6) is -0.749. The van der Waals surface area contributed by atoms with Crippen molar-refractivity contribution in [2.45, 2.75) is 39.0 Å². The van der Waals surface area contributed by atoms with Gasteiger partial charge in [0.25, 0.3) is 0 Å². The zero-order valence-electron chi connectivity index (χ0n) is 11.8. The van der Waals surface area contributed by atoms with Crippen molar-refractivity contribution in [1.82, 2.24) is 5.32 Å². The second kappa shape index (κ2) is 8.96. The van der Waals surface area contributed by atoms with Crippen LogP contribution in [0.5, 0.6) is 0 Å². The van der Waals surface area contributed by atoms with Crippen molar-refractivity contribution in [2.24, 2.45) is 0 Å². The maximum atomic E-state index is 11.6. The molecule has 3 N–H and O–H groups in total. The highest BCUT2D eigenvalue weighted by molar-refractivity contribution is 5.89. The molecule has 5 heteroatoms. The van der Waals surface area contributed by atoms with Gasteiger partial charge in [-0.3, -0.25) is 4.79 Å². The Morgan fingerprint density at radius 1 is 1.05 bits per heavy atom. The average Bonchev–Trinajstić information content (AvgIpc) is 2.40. The standard InChI is InChI=1S/C15H22N2O3/c1-12-7-9-13(10-8-12)17-15(20)16-11-5-3-2-4-6-14(18)19/h7-10H,2-6,11H2,1H3,(H,18,19)(H2,16,17,20). The molecule has 0 aromatic heterocycles. The van der Waals surface area contributed by atoms with Crippen molar-refractivity contribution in [2.75, 3.05) is 11.9 Å². The van der Waals surface area contributed by atoms with E-state index >= 15 is 0 Å². The molecule has 0 heterocycles. The molecule has 0 fully saturated rings. The van der Waals surface area contributed by atoms with Gasteiger partial charge in [-0.15, -0.1) is 0 Å². The Morgan fingerprint density at radius 3 is 2.35 bits per heavy atom. The molecule has 2 amide bonds. The number of carboxylic acid groups (broad SMARTS) is 1. The number of unbranched alkanes of at least 4 members (excludes halogenated alkanes) is 3. The van der Waals surface area contributed by atoms with Crippen molar-refractivity contribution in [1.29, 1.82) is 0 Å². The molecule has 5 nitrogen and oxygen atoms in total. The molecule has 0 aliphatic heterocycles. The van der Waals surface area contributed by atoms with Gasteiger partial charge >= 0.3 is 12.0 Å². The number of urea groups is 1. The van der Waals surface area contributed by atoms with E-state index in [1.54, 1.807) is 0 Å². The van der Waals surface area contributed by atoms with E-state index in [1.807, 2.05) is 31.2 Å². The van der Waals surface area contributed by atoms with Crippen LogP contribution in [-0.2, 0) is 4.79 Å². The fourth-order valence-electron chi connectivity index (χ4n) is 1.77. The van der Waals surface area contributed by atoms with Crippen LogP contribution in [0.15, 0.2) is 24.3 Å². The summed E-state index contributed by atoms with van der Waals surface area (Å²) in [7, 11) is 0. The van der Waals surface area contributed by atoms with Crippen LogP contribution in [0.2, 0.25) is 0 Å². The fraction of sp³-hybridized carbons (Fsp3) is 0.467. The smallest absolute Gasteiger partial charge is 0.319 e. The lowest BCUT2D eigenvalue weighted by Gasteiger charge is -2.07. The first-order valence-electron chi connectivity index (χ1n) is 6.91. The molecule has 0 radical (unpaired) electrons. The number of nitrogens with one attached hydrogen (secondary N) is 2. The molecule has 110 valence electrons. The molecule has 0 saturated heterocycles. The number of amides is 2. The summed E-state index contributed by atoms with van der Waals surface area (Å²) in [6.07, 6.45) is 3.60. The molecule has 0 bridgehead atoms. The van der Waals surface area contributed by atoms with E-state index in [4.69, 9.17) is 5.11 Å². The normalized spacial score (nSPS) is 10.1. The van der Waals surface area contributed by atoms with Crippen LogP contribution < -0.4 is 10.6 Å². The van der Waals surface area contributed by atoms with E-state index in [2.05, 4.69) is 10.6 Å². The molecular weight excluding hydrogens is 256 g/mol. The van der Waals surface area contributed by atoms with Gasteiger partial charge in [0.2, 0.25) is 0 Å². The Hall–Kier alpha value is -2.04. The maximum absolute atomic E-state index is 11.6. The second-order valence-electron chi connectivity index (χ2n) is 4.80. The van der Waals surface area contributed by atoms with E-state index < -0.39 is 5.97 Å². The van der Waals surface area contributed by atoms with Crippen LogP contribution >= 0.6 is 0 Å². The zero-order valence-corrected chi connectivity index (χ0v) is 11.8. The van der Waals surface area contributed by atoms with Gasteiger partial charge in [-0.05, 0) is 31.9 Å². The number of hydrogen-bond donors (Lipinski definition) is 3. The van der Waals surface area contributed by atoms with Gasteiger partial charge in [-0.1, -0.05) is 30.5 Å². The van der Waals surface area contributed by atoms with E-state index in [-0.39, 0.29) is 12.5 Å². The molecule has 0 aliphatic carbocycles. The number of anilines is 1. The number of rotatable bonds is 8. The molecule has 20 heavy (non-hydrogen) atoms. The van der Waals surface area contributed by atoms with Crippen LogP contribution in [0.1, 0.15) is 37.7 Å². The van der Waals surface area contributed by atoms with Gasteiger partial charge in [0.15, 0.2) is 0 Å². The highest BCUT2D eigenvalue weighted by Crippen LogP contribution is 2.08. The topological polar surface area (TPSA) is 78.4 Å². The van der Waals surface area contributed by atoms with Gasteiger partial charge in [0.05, 0.1) is 0 Å². The minimum Gasteiger partial charge on any atom is -0.481 e. The monoisotopic (exact) mass is 278 g/mol. The predicted octanol–water partition coefficient (Wildman–Crippen LogP) is 3.15. The minimum atomic E-state index is -0.749. The third-order valence-corrected chi connectivity index (χ3v) is 2.91. The molecule has 0 spiro atoms. The number of carboxylic acids is 1. The van der Waals surface area contributed by atoms with E-state index in [0.717, 1.165) is 30.5 Å². The largest absolute Gasteiger partial charge is 0.481 e. The lowest BCUT2D eigenvalue weighted by atomic mass is 10.1. The van der Waals surface area contributed by atoms with Gasteiger partial charge in [-0.2, -0.15) is 0 Å². The molecule has 0 unspecified atom stereocenters. The number of hydrogen-bond acceptors (Lipinski definition) is 2. The molecule has 1 aromatic carbocycles. The van der Waals surface area contributed by atoms with Crippen LogP contribution in [0, 0.1) is 6.92 Å². The van der Waals surface area contributed by atoms with Crippen molar-refractivity contribution in [3.05, 3.63) is 29.8 Å². The first-order valence-corrected chi connectivity index (χ1v) is 6.91. The molecule has 1 aromatic rings. The van der Waals surface area contributed by atoms with Crippen molar-refractivity contribution in [3.8, 4) is 0 Å². The van der Waals surface area contributed by atoms with Gasteiger partial charge < -0.3 is 15.7 Å². The average molecular weight is 278 g/mol. The van der Waals surface area contributed by atoms with Crippen LogP contribution in [-0.4, -0.2) is 23.7 Å². The summed E-state index contributed by atoms with van der Waals surface area (Å²) in [5, 5.41) is 14.0. The summed E-state index contributed by atoms with van der Waals surface area (Å²) in [6, 6.07) is 7.40. The number of carbonyl (C=O) groups is 2. The van der Waals surface area contributed by atoms with E-state index in [1.165, 1.54) is 0 Å². The maximum Gasteiger partial charge on any atom is 0.319 e. The Bertz CT molecular complexity index is 429. The molecule has 1 rings (SSSR count). The van der Waals surface area contributed by atoms with Crippen LogP contribution in [0.25, 0.3) is 0 Å². The number of carbonyl (C=O) groups excluding carboxylic acids is 1. The minimum absolute atomic E-state index is 0.209. The molecular formula is C15H22N2O3. The van der Waals surface area contributed by atoms with E-state index in [9.17, 15) is 9.59 Å². The lowest BCUT2D eigenvalue weighted by Crippen LogP contribution is -2.29. The molecule has 0 aliphatic rings.